The summed E-state index contributed by atoms with van der Waals surface area (Å²) in [7, 11) is 3.09. The van der Waals surface area contributed by atoms with Gasteiger partial charge in [-0.2, -0.15) is 0 Å². The van der Waals surface area contributed by atoms with Crippen molar-refractivity contribution in [2.75, 3.05) is 32.8 Å². The molecule has 0 aliphatic rings. The van der Waals surface area contributed by atoms with Crippen LogP contribution in [0.1, 0.15) is 0 Å². The Hall–Kier alpha value is -2.72. The molecular formula is C21H17Cl3N2O6S. The van der Waals surface area contributed by atoms with Gasteiger partial charge in [-0.1, -0.05) is 34.8 Å². The minimum atomic E-state index is -0.766. The number of hydrogen-bond donors (Lipinski definition) is 1. The number of nitrogens with one attached hydrogen (secondary N) is 1. The highest BCUT2D eigenvalue weighted by Crippen LogP contribution is 2.34. The average Bonchev–Trinajstić information content (AvgIpc) is 3.27. The second kappa shape index (κ2) is 11.4. The normalized spacial score (nSPS) is 10.5. The first-order valence-corrected chi connectivity index (χ1v) is 11.2. The molecule has 3 aromatic rings. The lowest BCUT2D eigenvalue weighted by Crippen LogP contribution is -2.23. The summed E-state index contributed by atoms with van der Waals surface area (Å²) < 4.78 is 20.7. The zero-order valence-electron chi connectivity index (χ0n) is 17.3. The zero-order chi connectivity index (χ0) is 24.0. The summed E-state index contributed by atoms with van der Waals surface area (Å²) in [5, 5.41) is 5.36. The predicted octanol–water partition coefficient (Wildman–Crippen LogP) is 5.35. The molecule has 174 valence electrons. The lowest BCUT2D eigenvalue weighted by atomic mass is 10.1. The van der Waals surface area contributed by atoms with E-state index in [2.05, 4.69) is 10.3 Å². The summed E-state index contributed by atoms with van der Waals surface area (Å²) in [4.78, 5) is 28.3. The van der Waals surface area contributed by atoms with Crippen LogP contribution in [0.2, 0.25) is 15.1 Å². The topological polar surface area (TPSA) is 96.0 Å². The van der Waals surface area contributed by atoms with Crippen LogP contribution in [0.25, 0.3) is 11.3 Å². The molecule has 1 N–H and O–H groups in total. The van der Waals surface area contributed by atoms with Crippen molar-refractivity contribution in [3.8, 4) is 28.5 Å². The van der Waals surface area contributed by atoms with Crippen molar-refractivity contribution in [1.29, 1.82) is 0 Å². The molecule has 0 bridgehead atoms. The highest BCUT2D eigenvalue weighted by atomic mass is 35.5. The lowest BCUT2D eigenvalue weighted by Gasteiger charge is -2.09. The second-order valence-corrected chi connectivity index (χ2v) is 8.38. The summed E-state index contributed by atoms with van der Waals surface area (Å²) in [6.45, 7) is -0.978. The molecule has 1 aromatic heterocycles. The first kappa shape index (κ1) is 24.9. The number of aromatic nitrogens is 1. The van der Waals surface area contributed by atoms with E-state index in [9.17, 15) is 9.59 Å². The summed E-state index contributed by atoms with van der Waals surface area (Å²) >= 11 is 18.9. The quantitative estimate of drug-likeness (QED) is 0.294. The Morgan fingerprint density at radius 3 is 2.39 bits per heavy atom. The summed E-state index contributed by atoms with van der Waals surface area (Å²) in [5.41, 5.74) is 1.43. The van der Waals surface area contributed by atoms with E-state index in [0.29, 0.717) is 22.3 Å². The molecule has 33 heavy (non-hydrogen) atoms. The maximum absolute atomic E-state index is 12.1. The van der Waals surface area contributed by atoms with Crippen LogP contribution in [0.4, 0.5) is 5.13 Å². The van der Waals surface area contributed by atoms with Gasteiger partial charge in [-0.3, -0.25) is 10.1 Å². The fraction of sp³-hybridized carbons (Fsp3) is 0.190. The minimum Gasteiger partial charge on any atom is -0.493 e. The van der Waals surface area contributed by atoms with Crippen LogP contribution in [0.15, 0.2) is 35.7 Å². The molecular weight excluding hydrogens is 515 g/mol. The van der Waals surface area contributed by atoms with Crippen LogP contribution in [-0.4, -0.2) is 44.3 Å². The van der Waals surface area contributed by atoms with Crippen LogP contribution < -0.4 is 19.5 Å². The van der Waals surface area contributed by atoms with E-state index in [1.165, 1.54) is 23.5 Å². The standard InChI is InChI=1S/C21H17Cl3N2O6S/c1-29-16-4-3-11(5-18(16)30-2)15-10-33-21(25-15)26-19(27)8-32-20(28)9-31-17-7-13(23)12(22)6-14(17)24/h3-7,10H,8-9H2,1-2H3,(H,25,26,27). The van der Waals surface area contributed by atoms with E-state index < -0.39 is 25.1 Å². The highest BCUT2D eigenvalue weighted by Gasteiger charge is 2.14. The van der Waals surface area contributed by atoms with Crippen molar-refractivity contribution >= 4 is 63.1 Å². The Morgan fingerprint density at radius 2 is 1.67 bits per heavy atom. The van der Waals surface area contributed by atoms with Crippen LogP contribution in [0.3, 0.4) is 0 Å². The molecule has 0 saturated carbocycles. The Bertz CT molecular complexity index is 1170. The van der Waals surface area contributed by atoms with Crippen LogP contribution in [0.5, 0.6) is 17.2 Å². The maximum atomic E-state index is 12.1. The van der Waals surface area contributed by atoms with Crippen molar-refractivity contribution < 1.29 is 28.5 Å². The number of benzene rings is 2. The number of esters is 1. The van der Waals surface area contributed by atoms with E-state index in [0.717, 1.165) is 5.56 Å². The third-order valence-electron chi connectivity index (χ3n) is 4.11. The third kappa shape index (κ3) is 6.64. The number of thiazole rings is 1. The predicted molar refractivity (Wildman–Crippen MR) is 127 cm³/mol. The second-order valence-electron chi connectivity index (χ2n) is 6.30. The minimum absolute atomic E-state index is 0.165. The van der Waals surface area contributed by atoms with Crippen molar-refractivity contribution in [3.63, 3.8) is 0 Å². The van der Waals surface area contributed by atoms with E-state index in [1.54, 1.807) is 31.7 Å². The van der Waals surface area contributed by atoms with Crippen molar-refractivity contribution in [2.24, 2.45) is 0 Å². The number of amides is 1. The monoisotopic (exact) mass is 530 g/mol. The van der Waals surface area contributed by atoms with Gasteiger partial charge in [0.1, 0.15) is 5.75 Å². The molecule has 1 heterocycles. The van der Waals surface area contributed by atoms with Gasteiger partial charge in [0.2, 0.25) is 0 Å². The Kier molecular flexibility index (Phi) is 8.62. The summed E-state index contributed by atoms with van der Waals surface area (Å²) in [5.74, 6) is 0.00151. The van der Waals surface area contributed by atoms with Crippen LogP contribution in [0, 0.1) is 0 Å². The van der Waals surface area contributed by atoms with Gasteiger partial charge in [-0.15, -0.1) is 11.3 Å². The van der Waals surface area contributed by atoms with Crippen LogP contribution in [-0.2, 0) is 14.3 Å². The van der Waals surface area contributed by atoms with Gasteiger partial charge < -0.3 is 18.9 Å². The summed E-state index contributed by atoms with van der Waals surface area (Å²) in [6, 6.07) is 8.14. The molecule has 12 heteroatoms. The zero-order valence-corrected chi connectivity index (χ0v) is 20.4. The van der Waals surface area contributed by atoms with Gasteiger partial charge in [-0.25, -0.2) is 9.78 Å². The fourth-order valence-corrected chi connectivity index (χ4v) is 3.88. The Balaban J connectivity index is 1.50. The molecule has 0 radical (unpaired) electrons. The number of halogens is 3. The van der Waals surface area contributed by atoms with Gasteiger partial charge >= 0.3 is 5.97 Å². The largest absolute Gasteiger partial charge is 0.493 e. The number of hydrogen-bond acceptors (Lipinski definition) is 8. The Morgan fingerprint density at radius 1 is 0.939 bits per heavy atom. The number of rotatable bonds is 9. The van der Waals surface area contributed by atoms with Crippen LogP contribution >= 0.6 is 46.1 Å². The molecule has 0 fully saturated rings. The van der Waals surface area contributed by atoms with E-state index in [4.69, 9.17) is 53.8 Å². The van der Waals surface area contributed by atoms with E-state index in [-0.39, 0.29) is 20.8 Å². The lowest BCUT2D eigenvalue weighted by molar-refractivity contribution is -0.149. The smallest absolute Gasteiger partial charge is 0.344 e. The van der Waals surface area contributed by atoms with Crippen molar-refractivity contribution in [2.45, 2.75) is 0 Å². The molecule has 0 saturated heterocycles. The first-order chi connectivity index (χ1) is 15.8. The molecule has 8 nitrogen and oxygen atoms in total. The molecule has 3 rings (SSSR count). The van der Waals surface area contributed by atoms with Gasteiger partial charge in [0.15, 0.2) is 29.8 Å². The Labute approximate surface area is 208 Å². The highest BCUT2D eigenvalue weighted by molar-refractivity contribution is 7.14. The third-order valence-corrected chi connectivity index (χ3v) is 5.89. The molecule has 0 spiro atoms. The van der Waals surface area contributed by atoms with Crippen molar-refractivity contribution in [3.05, 3.63) is 50.8 Å². The fourth-order valence-electron chi connectivity index (χ4n) is 2.55. The van der Waals surface area contributed by atoms with Gasteiger partial charge in [0.05, 0.1) is 35.0 Å². The SMILES string of the molecule is COc1ccc(-c2csc(NC(=O)COC(=O)COc3cc(Cl)c(Cl)cc3Cl)n2)cc1OC. The number of carbonyl (C=O) groups excluding carboxylic acids is 2. The first-order valence-electron chi connectivity index (χ1n) is 9.21. The number of nitrogens with zero attached hydrogens (tertiary/aromatic N) is 1. The molecule has 0 unspecified atom stereocenters. The molecule has 1 amide bonds. The molecule has 0 atom stereocenters. The number of ether oxygens (including phenoxy) is 4. The van der Waals surface area contributed by atoms with E-state index >= 15 is 0 Å². The van der Waals surface area contributed by atoms with Crippen molar-refractivity contribution in [1.82, 2.24) is 4.98 Å². The number of carbonyl (C=O) groups is 2. The van der Waals surface area contributed by atoms with Gasteiger partial charge in [0.25, 0.3) is 5.91 Å². The maximum Gasteiger partial charge on any atom is 0.344 e. The number of methoxy groups -OCH3 is 2. The van der Waals surface area contributed by atoms with E-state index in [1.807, 2.05) is 6.07 Å². The van der Waals surface area contributed by atoms with Gasteiger partial charge in [-0.05, 0) is 24.3 Å². The summed E-state index contributed by atoms with van der Waals surface area (Å²) in [6.07, 6.45) is 0. The number of anilines is 1. The molecule has 0 aliphatic heterocycles. The average molecular weight is 532 g/mol. The van der Waals surface area contributed by atoms with Gasteiger partial charge in [0, 0.05) is 17.0 Å². The molecule has 0 aliphatic carbocycles. The molecule has 2 aromatic carbocycles.